The third-order valence-electron chi connectivity index (χ3n) is 7.62. The molecule has 2 aliphatic rings. The van der Waals surface area contributed by atoms with E-state index in [0.29, 0.717) is 29.1 Å². The summed E-state index contributed by atoms with van der Waals surface area (Å²) >= 11 is 0. The van der Waals surface area contributed by atoms with Gasteiger partial charge >= 0.3 is 0 Å². The lowest BCUT2D eigenvalue weighted by atomic mass is 10.0. The quantitative estimate of drug-likeness (QED) is 0.273. The highest BCUT2D eigenvalue weighted by Gasteiger charge is 2.32. The number of fused-ring (bicyclic) bond motifs is 1. The standard InChI is InChI=1S/C33H36FN3O3/c1-24(26-13-15-27(16-14-26)32(38)35-19-8-22-36-20-6-2-3-7-21-36)31-33(39)37(23-25-11-17-28(34)18-12-25)29-9-4-5-10-30(29)40-31/h4-5,9-18H,2-3,6-8,19-23H2,1H3,(H,35,38)/b31-24+. The van der Waals surface area contributed by atoms with E-state index < -0.39 is 0 Å². The lowest BCUT2D eigenvalue weighted by molar-refractivity contribution is -0.117. The Balaban J connectivity index is 1.26. The van der Waals surface area contributed by atoms with Gasteiger partial charge in [-0.3, -0.25) is 14.5 Å². The molecule has 3 aromatic carbocycles. The highest BCUT2D eigenvalue weighted by molar-refractivity contribution is 6.11. The monoisotopic (exact) mass is 541 g/mol. The Bertz CT molecular complexity index is 1360. The van der Waals surface area contributed by atoms with Crippen LogP contribution in [0.25, 0.3) is 5.57 Å². The van der Waals surface area contributed by atoms with Crippen LogP contribution in [0.1, 0.15) is 60.5 Å². The van der Waals surface area contributed by atoms with Gasteiger partial charge in [0.1, 0.15) is 5.82 Å². The van der Waals surface area contributed by atoms with Gasteiger partial charge in [0.05, 0.1) is 12.2 Å². The Hall–Kier alpha value is -3.97. The number of nitrogens with one attached hydrogen (secondary N) is 1. The minimum atomic E-state index is -0.321. The van der Waals surface area contributed by atoms with E-state index in [4.69, 9.17) is 4.74 Å². The van der Waals surface area contributed by atoms with Crippen LogP contribution >= 0.6 is 0 Å². The second-order valence-electron chi connectivity index (χ2n) is 10.5. The lowest BCUT2D eigenvalue weighted by Crippen LogP contribution is -2.37. The van der Waals surface area contributed by atoms with Crippen molar-refractivity contribution in [3.63, 3.8) is 0 Å². The molecule has 1 fully saturated rings. The molecule has 1 N–H and O–H groups in total. The fraction of sp³-hybridized carbons (Fsp3) is 0.333. The Labute approximate surface area is 235 Å². The first-order valence-electron chi connectivity index (χ1n) is 14.1. The Morgan fingerprint density at radius 1 is 0.900 bits per heavy atom. The molecule has 0 aromatic heterocycles. The summed E-state index contributed by atoms with van der Waals surface area (Å²) in [6.07, 6.45) is 6.11. The van der Waals surface area contributed by atoms with E-state index in [-0.39, 0.29) is 29.9 Å². The molecule has 2 heterocycles. The average molecular weight is 542 g/mol. The molecule has 0 bridgehead atoms. The average Bonchev–Trinajstić information content (AvgIpc) is 3.26. The first-order valence-corrected chi connectivity index (χ1v) is 14.1. The first kappa shape index (κ1) is 27.6. The van der Waals surface area contributed by atoms with E-state index in [1.807, 2.05) is 43.3 Å². The van der Waals surface area contributed by atoms with Crippen molar-refractivity contribution in [1.82, 2.24) is 10.2 Å². The first-order chi connectivity index (χ1) is 19.5. The molecule has 6 nitrogen and oxygen atoms in total. The van der Waals surface area contributed by atoms with Gasteiger partial charge in [-0.1, -0.05) is 49.2 Å². The summed E-state index contributed by atoms with van der Waals surface area (Å²) in [5.41, 5.74) is 3.52. The minimum absolute atomic E-state index is 0.0999. The lowest BCUT2D eigenvalue weighted by Gasteiger charge is -2.31. The number of allylic oxidation sites excluding steroid dienone is 1. The van der Waals surface area contributed by atoms with Gasteiger partial charge in [0.2, 0.25) is 0 Å². The fourth-order valence-corrected chi connectivity index (χ4v) is 5.29. The Morgan fingerprint density at radius 2 is 1.57 bits per heavy atom. The Morgan fingerprint density at radius 3 is 2.30 bits per heavy atom. The number of para-hydroxylation sites is 2. The van der Waals surface area contributed by atoms with Crippen molar-refractivity contribution < 1.29 is 18.7 Å². The second-order valence-corrected chi connectivity index (χ2v) is 10.5. The second kappa shape index (κ2) is 12.9. The molecule has 2 amide bonds. The zero-order chi connectivity index (χ0) is 27.9. The molecule has 0 radical (unpaired) electrons. The molecule has 0 aliphatic carbocycles. The summed E-state index contributed by atoms with van der Waals surface area (Å²) in [6.45, 7) is 6.10. The van der Waals surface area contributed by atoms with Gasteiger partial charge in [-0.2, -0.15) is 0 Å². The maximum atomic E-state index is 13.6. The van der Waals surface area contributed by atoms with Crippen molar-refractivity contribution in [1.29, 1.82) is 0 Å². The number of benzene rings is 3. The molecule has 2 aliphatic heterocycles. The van der Waals surface area contributed by atoms with Crippen LogP contribution in [0, 0.1) is 5.82 Å². The van der Waals surface area contributed by atoms with Crippen LogP contribution in [0.5, 0.6) is 5.75 Å². The van der Waals surface area contributed by atoms with E-state index in [2.05, 4.69) is 10.2 Å². The number of rotatable bonds is 8. The smallest absolute Gasteiger partial charge is 0.294 e. The molecular weight excluding hydrogens is 505 g/mol. The number of carbonyl (C=O) groups excluding carboxylic acids is 2. The van der Waals surface area contributed by atoms with E-state index in [1.54, 1.807) is 29.2 Å². The van der Waals surface area contributed by atoms with Gasteiger partial charge in [-0.25, -0.2) is 4.39 Å². The topological polar surface area (TPSA) is 61.9 Å². The van der Waals surface area contributed by atoms with Crippen LogP contribution in [0.4, 0.5) is 10.1 Å². The third kappa shape index (κ3) is 6.59. The SMILES string of the molecule is C/C(=C1\Oc2ccccc2N(Cc2ccc(F)cc2)C1=O)c1ccc(C(=O)NCCCN2CCCCCC2)cc1. The number of hydrogen-bond acceptors (Lipinski definition) is 4. The van der Waals surface area contributed by atoms with Crippen LogP contribution in [-0.4, -0.2) is 42.9 Å². The van der Waals surface area contributed by atoms with Crippen LogP contribution < -0.4 is 15.0 Å². The number of ether oxygens (including phenoxy) is 1. The van der Waals surface area contributed by atoms with Gasteiger partial charge in [-0.15, -0.1) is 0 Å². The van der Waals surface area contributed by atoms with Crippen molar-refractivity contribution >= 4 is 23.1 Å². The van der Waals surface area contributed by atoms with Crippen molar-refractivity contribution in [3.05, 3.63) is 101 Å². The zero-order valence-electron chi connectivity index (χ0n) is 23.0. The third-order valence-corrected chi connectivity index (χ3v) is 7.62. The number of likely N-dealkylation sites (tertiary alicyclic amines) is 1. The van der Waals surface area contributed by atoms with Crippen molar-refractivity contribution in [2.24, 2.45) is 0 Å². The molecular formula is C33H36FN3O3. The Kier molecular flexibility index (Phi) is 8.91. The number of carbonyl (C=O) groups is 2. The van der Waals surface area contributed by atoms with Gasteiger partial charge in [0.15, 0.2) is 11.5 Å². The summed E-state index contributed by atoms with van der Waals surface area (Å²) < 4.78 is 19.5. The zero-order valence-corrected chi connectivity index (χ0v) is 23.0. The molecule has 40 heavy (non-hydrogen) atoms. The molecule has 0 atom stereocenters. The van der Waals surface area contributed by atoms with E-state index in [1.165, 1.54) is 37.8 Å². The summed E-state index contributed by atoms with van der Waals surface area (Å²) in [7, 11) is 0. The molecule has 0 unspecified atom stereocenters. The molecule has 208 valence electrons. The van der Waals surface area contributed by atoms with Gasteiger partial charge in [0, 0.05) is 17.7 Å². The van der Waals surface area contributed by atoms with E-state index in [9.17, 15) is 14.0 Å². The minimum Gasteiger partial charge on any atom is -0.449 e. The van der Waals surface area contributed by atoms with E-state index in [0.717, 1.165) is 37.2 Å². The van der Waals surface area contributed by atoms with Crippen molar-refractivity contribution in [3.8, 4) is 5.75 Å². The number of halogens is 1. The maximum absolute atomic E-state index is 13.6. The highest BCUT2D eigenvalue weighted by Crippen LogP contribution is 2.38. The number of nitrogens with zero attached hydrogens (tertiary/aromatic N) is 2. The van der Waals surface area contributed by atoms with Crippen LogP contribution in [0.2, 0.25) is 0 Å². The summed E-state index contributed by atoms with van der Waals surface area (Å²) in [5.74, 6) is 0.115. The van der Waals surface area contributed by atoms with Crippen molar-refractivity contribution in [2.45, 2.75) is 45.6 Å². The number of hydrogen-bond donors (Lipinski definition) is 1. The molecule has 0 spiro atoms. The van der Waals surface area contributed by atoms with Crippen molar-refractivity contribution in [2.75, 3.05) is 31.1 Å². The predicted octanol–water partition coefficient (Wildman–Crippen LogP) is 6.18. The predicted molar refractivity (Wildman–Crippen MR) is 156 cm³/mol. The summed E-state index contributed by atoms with van der Waals surface area (Å²) in [5, 5.41) is 3.03. The highest BCUT2D eigenvalue weighted by atomic mass is 19.1. The van der Waals surface area contributed by atoms with E-state index >= 15 is 0 Å². The molecule has 1 saturated heterocycles. The maximum Gasteiger partial charge on any atom is 0.294 e. The van der Waals surface area contributed by atoms with Crippen LogP contribution in [-0.2, 0) is 11.3 Å². The number of anilines is 1. The molecule has 0 saturated carbocycles. The van der Waals surface area contributed by atoms with Gasteiger partial charge < -0.3 is 15.0 Å². The molecule has 5 rings (SSSR count). The van der Waals surface area contributed by atoms with Crippen LogP contribution in [0.15, 0.2) is 78.6 Å². The van der Waals surface area contributed by atoms with Gasteiger partial charge in [0.25, 0.3) is 11.8 Å². The number of amides is 2. The normalized spacial score (nSPS) is 17.1. The largest absolute Gasteiger partial charge is 0.449 e. The van der Waals surface area contributed by atoms with Gasteiger partial charge in [-0.05, 0) is 93.3 Å². The summed E-state index contributed by atoms with van der Waals surface area (Å²) in [4.78, 5) is 30.5. The van der Waals surface area contributed by atoms with Crippen LogP contribution in [0.3, 0.4) is 0 Å². The fourth-order valence-electron chi connectivity index (χ4n) is 5.29. The summed E-state index contributed by atoms with van der Waals surface area (Å²) in [6, 6.07) is 20.8. The molecule has 3 aromatic rings. The molecule has 7 heteroatoms.